The molecule has 1 aliphatic rings. The lowest BCUT2D eigenvalue weighted by Gasteiger charge is -2.39. The van der Waals surface area contributed by atoms with Gasteiger partial charge in [0.25, 0.3) is 5.91 Å². The maximum Gasteiger partial charge on any atom is 0.408 e. The second kappa shape index (κ2) is 6.48. The number of carbonyl (C=O) groups excluding carboxylic acids is 1. The zero-order chi connectivity index (χ0) is 17.2. The summed E-state index contributed by atoms with van der Waals surface area (Å²) in [6.45, 7) is 7.84. The van der Waals surface area contributed by atoms with E-state index in [-0.39, 0.29) is 12.5 Å². The molecule has 2 rings (SSSR count). The molecule has 0 spiro atoms. The highest BCUT2D eigenvalue weighted by Crippen LogP contribution is 2.33. The molecule has 2 amide bonds. The lowest BCUT2D eigenvalue weighted by Crippen LogP contribution is -2.59. The highest BCUT2D eigenvalue weighted by Gasteiger charge is 2.42. The van der Waals surface area contributed by atoms with Crippen LogP contribution in [0.1, 0.15) is 34.1 Å². The fourth-order valence-corrected chi connectivity index (χ4v) is 2.87. The maximum absolute atomic E-state index is 13.0. The van der Waals surface area contributed by atoms with Gasteiger partial charge in [-0.25, -0.2) is 4.79 Å². The van der Waals surface area contributed by atoms with Crippen molar-refractivity contribution in [2.45, 2.75) is 45.7 Å². The summed E-state index contributed by atoms with van der Waals surface area (Å²) in [7, 11) is 0. The zero-order valence-electron chi connectivity index (χ0n) is 14.1. The standard InChI is InChI=1S/C17H24N2O4/c1-5-10-18-12-8-6-7-9-14(12)23-11-13(15(18)20)19(16(21)22)17(2,3)4/h6-9,13H,5,10-11H2,1-4H3,(H,21,22)/t13-/m0/s1. The summed E-state index contributed by atoms with van der Waals surface area (Å²) in [4.78, 5) is 27.6. The fraction of sp³-hybridized carbons (Fsp3) is 0.529. The molecule has 6 heteroatoms. The van der Waals surface area contributed by atoms with E-state index in [1.807, 2.05) is 25.1 Å². The van der Waals surface area contributed by atoms with Crippen molar-refractivity contribution in [1.82, 2.24) is 4.90 Å². The Labute approximate surface area is 136 Å². The number of rotatable bonds is 3. The third-order valence-corrected chi connectivity index (χ3v) is 3.79. The van der Waals surface area contributed by atoms with Gasteiger partial charge in [0.1, 0.15) is 18.4 Å². The van der Waals surface area contributed by atoms with E-state index >= 15 is 0 Å². The first-order valence-corrected chi connectivity index (χ1v) is 7.82. The number of anilines is 1. The Bertz CT molecular complexity index is 595. The third kappa shape index (κ3) is 3.41. The first-order chi connectivity index (χ1) is 10.8. The molecule has 1 aromatic rings. The maximum atomic E-state index is 13.0. The molecule has 0 saturated heterocycles. The van der Waals surface area contributed by atoms with Crippen molar-refractivity contribution in [3.8, 4) is 5.75 Å². The van der Waals surface area contributed by atoms with Crippen molar-refractivity contribution in [1.29, 1.82) is 0 Å². The Morgan fingerprint density at radius 1 is 1.39 bits per heavy atom. The number of amides is 2. The smallest absolute Gasteiger partial charge is 0.408 e. The Kier molecular flexibility index (Phi) is 4.82. The van der Waals surface area contributed by atoms with Crippen LogP contribution in [0.2, 0.25) is 0 Å². The van der Waals surface area contributed by atoms with Crippen LogP contribution in [0.4, 0.5) is 10.5 Å². The van der Waals surface area contributed by atoms with Crippen LogP contribution < -0.4 is 9.64 Å². The molecule has 1 aliphatic heterocycles. The van der Waals surface area contributed by atoms with Gasteiger partial charge in [-0.15, -0.1) is 0 Å². The second-order valence-electron chi connectivity index (χ2n) is 6.61. The molecular weight excluding hydrogens is 296 g/mol. The Hall–Kier alpha value is -2.24. The van der Waals surface area contributed by atoms with E-state index in [0.717, 1.165) is 6.42 Å². The van der Waals surface area contributed by atoms with Gasteiger partial charge in [-0.05, 0) is 39.3 Å². The van der Waals surface area contributed by atoms with Crippen LogP contribution >= 0.6 is 0 Å². The SMILES string of the molecule is CCCN1C(=O)[C@@H](N(C(=O)O)C(C)(C)C)COc2ccccc21. The molecule has 0 aromatic heterocycles. The minimum Gasteiger partial charge on any atom is -0.489 e. The number of para-hydroxylation sites is 2. The number of carbonyl (C=O) groups is 2. The molecule has 1 heterocycles. The summed E-state index contributed by atoms with van der Waals surface area (Å²) in [5, 5.41) is 9.60. The summed E-state index contributed by atoms with van der Waals surface area (Å²) < 4.78 is 5.77. The van der Waals surface area contributed by atoms with Gasteiger partial charge in [-0.1, -0.05) is 19.1 Å². The van der Waals surface area contributed by atoms with Crippen LogP contribution in [0.15, 0.2) is 24.3 Å². The van der Waals surface area contributed by atoms with Crippen molar-refractivity contribution in [3.05, 3.63) is 24.3 Å². The van der Waals surface area contributed by atoms with E-state index in [2.05, 4.69) is 0 Å². The number of benzene rings is 1. The van der Waals surface area contributed by atoms with Gasteiger partial charge in [0, 0.05) is 12.1 Å². The van der Waals surface area contributed by atoms with Crippen molar-refractivity contribution in [2.24, 2.45) is 0 Å². The van der Waals surface area contributed by atoms with Crippen LogP contribution in [0.3, 0.4) is 0 Å². The first kappa shape index (κ1) is 17.1. The minimum atomic E-state index is -1.12. The molecule has 0 bridgehead atoms. The predicted molar refractivity (Wildman–Crippen MR) is 88.0 cm³/mol. The summed E-state index contributed by atoms with van der Waals surface area (Å²) in [5.74, 6) is 0.366. The van der Waals surface area contributed by atoms with E-state index in [9.17, 15) is 14.7 Å². The number of hydrogen-bond donors (Lipinski definition) is 1. The van der Waals surface area contributed by atoms with E-state index < -0.39 is 17.7 Å². The van der Waals surface area contributed by atoms with Crippen LogP contribution in [0, 0.1) is 0 Å². The second-order valence-corrected chi connectivity index (χ2v) is 6.61. The zero-order valence-corrected chi connectivity index (χ0v) is 14.1. The Morgan fingerprint density at radius 3 is 2.61 bits per heavy atom. The molecule has 1 N–H and O–H groups in total. The average molecular weight is 320 g/mol. The third-order valence-electron chi connectivity index (χ3n) is 3.79. The molecule has 1 aromatic carbocycles. The van der Waals surface area contributed by atoms with Crippen molar-refractivity contribution >= 4 is 17.7 Å². The number of fused-ring (bicyclic) bond motifs is 1. The largest absolute Gasteiger partial charge is 0.489 e. The molecule has 0 aliphatic carbocycles. The van der Waals surface area contributed by atoms with E-state index in [1.165, 1.54) is 4.90 Å². The van der Waals surface area contributed by atoms with Gasteiger partial charge in [0.2, 0.25) is 0 Å². The van der Waals surface area contributed by atoms with Gasteiger partial charge in [0.15, 0.2) is 0 Å². The summed E-state index contributed by atoms with van der Waals surface area (Å²) in [6, 6.07) is 6.44. The van der Waals surface area contributed by atoms with Crippen LogP contribution in [-0.2, 0) is 4.79 Å². The van der Waals surface area contributed by atoms with Gasteiger partial charge >= 0.3 is 6.09 Å². The molecule has 1 atom stereocenters. The number of hydrogen-bond acceptors (Lipinski definition) is 3. The molecule has 23 heavy (non-hydrogen) atoms. The van der Waals surface area contributed by atoms with Crippen molar-refractivity contribution in [2.75, 3.05) is 18.1 Å². The quantitative estimate of drug-likeness (QED) is 0.929. The summed E-state index contributed by atoms with van der Waals surface area (Å²) in [6.07, 6.45) is -0.350. The highest BCUT2D eigenvalue weighted by molar-refractivity contribution is 6.00. The van der Waals surface area contributed by atoms with E-state index in [4.69, 9.17) is 4.74 Å². The van der Waals surface area contributed by atoms with Gasteiger partial charge in [-0.2, -0.15) is 0 Å². The van der Waals surface area contributed by atoms with Gasteiger partial charge in [-0.3, -0.25) is 9.69 Å². The van der Waals surface area contributed by atoms with E-state index in [0.29, 0.717) is 18.0 Å². The lowest BCUT2D eigenvalue weighted by atomic mass is 10.0. The van der Waals surface area contributed by atoms with E-state index in [1.54, 1.807) is 31.7 Å². The predicted octanol–water partition coefficient (Wildman–Crippen LogP) is 2.97. The van der Waals surface area contributed by atoms with Crippen LogP contribution in [-0.4, -0.2) is 46.7 Å². The molecule has 0 saturated carbocycles. The normalized spacial score (nSPS) is 18.0. The highest BCUT2D eigenvalue weighted by atomic mass is 16.5. The van der Waals surface area contributed by atoms with Gasteiger partial charge < -0.3 is 14.7 Å². The topological polar surface area (TPSA) is 70.1 Å². The summed E-state index contributed by atoms with van der Waals surface area (Å²) >= 11 is 0. The minimum absolute atomic E-state index is 0.0135. The average Bonchev–Trinajstić information content (AvgIpc) is 2.58. The molecule has 0 radical (unpaired) electrons. The molecular formula is C17H24N2O4. The fourth-order valence-electron chi connectivity index (χ4n) is 2.87. The monoisotopic (exact) mass is 320 g/mol. The van der Waals surface area contributed by atoms with Crippen LogP contribution in [0.5, 0.6) is 5.75 Å². The van der Waals surface area contributed by atoms with Crippen molar-refractivity contribution < 1.29 is 19.4 Å². The van der Waals surface area contributed by atoms with Crippen molar-refractivity contribution in [3.63, 3.8) is 0 Å². The Balaban J connectivity index is 2.46. The Morgan fingerprint density at radius 2 is 2.04 bits per heavy atom. The lowest BCUT2D eigenvalue weighted by molar-refractivity contribution is -0.125. The number of carboxylic acid groups (broad SMARTS) is 1. The summed E-state index contributed by atoms with van der Waals surface area (Å²) in [5.41, 5.74) is -0.00897. The van der Waals surface area contributed by atoms with Gasteiger partial charge in [0.05, 0.1) is 5.69 Å². The number of nitrogens with zero attached hydrogens (tertiary/aromatic N) is 2. The molecule has 0 fully saturated rings. The van der Waals surface area contributed by atoms with Crippen LogP contribution in [0.25, 0.3) is 0 Å². The molecule has 126 valence electrons. The number of ether oxygens (including phenoxy) is 1. The molecule has 0 unspecified atom stereocenters. The first-order valence-electron chi connectivity index (χ1n) is 7.82. The molecule has 6 nitrogen and oxygen atoms in total.